The molecule has 2 amide bonds. The van der Waals surface area contributed by atoms with Gasteiger partial charge in [-0.25, -0.2) is 4.98 Å². The lowest BCUT2D eigenvalue weighted by Gasteiger charge is -2.15. The topological polar surface area (TPSA) is 98.2 Å². The third-order valence-corrected chi connectivity index (χ3v) is 6.52. The second-order valence-electron chi connectivity index (χ2n) is 8.21. The Bertz CT molecular complexity index is 1430. The van der Waals surface area contributed by atoms with Crippen molar-refractivity contribution in [2.75, 3.05) is 24.7 Å². The van der Waals surface area contributed by atoms with Crippen LogP contribution in [0.4, 0.5) is 11.5 Å². The summed E-state index contributed by atoms with van der Waals surface area (Å²) in [7, 11) is 3.57. The van der Waals surface area contributed by atoms with E-state index >= 15 is 0 Å². The third kappa shape index (κ3) is 6.75. The molecule has 0 aliphatic rings. The van der Waals surface area contributed by atoms with Gasteiger partial charge in [0.05, 0.1) is 16.3 Å². The van der Waals surface area contributed by atoms with Crippen LogP contribution in [0.1, 0.15) is 26.3 Å². The summed E-state index contributed by atoms with van der Waals surface area (Å²) < 4.78 is 0. The molecule has 9 heteroatoms. The Morgan fingerprint density at radius 1 is 0.838 bits per heavy atom. The first kappa shape index (κ1) is 25.9. The fraction of sp³-hybridized carbons (Fsp3) is 0.0714. The minimum Gasteiger partial charge on any atom is -0.363 e. The molecule has 3 aromatic carbocycles. The van der Waals surface area contributed by atoms with Gasteiger partial charge in [-0.3, -0.25) is 15.0 Å². The summed E-state index contributed by atoms with van der Waals surface area (Å²) in [5.74, 6) is -0.111. The van der Waals surface area contributed by atoms with Gasteiger partial charge in [-0.15, -0.1) is 0 Å². The van der Waals surface area contributed by atoms with Crippen molar-refractivity contribution in [1.82, 2.24) is 9.88 Å². The molecule has 0 unspecified atom stereocenters. The van der Waals surface area contributed by atoms with Crippen molar-refractivity contribution < 1.29 is 9.59 Å². The number of hydrogen-bond acceptors (Lipinski definition) is 5. The molecule has 37 heavy (non-hydrogen) atoms. The third-order valence-electron chi connectivity index (χ3n) is 5.30. The number of nitrogens with zero attached hydrogens (tertiary/aromatic N) is 2. The monoisotopic (exact) mass is 529 g/mol. The molecule has 0 spiro atoms. The van der Waals surface area contributed by atoms with E-state index in [0.29, 0.717) is 33.5 Å². The fourth-order valence-electron chi connectivity index (χ4n) is 3.37. The first-order valence-electron chi connectivity index (χ1n) is 11.3. The molecular formula is C28H24ClN5O2S. The number of nitrogens with one attached hydrogen (secondary N) is 3. The van der Waals surface area contributed by atoms with Crippen LogP contribution in [-0.4, -0.2) is 41.6 Å². The molecule has 0 saturated carbocycles. The number of anilines is 2. The van der Waals surface area contributed by atoms with E-state index in [1.165, 1.54) is 18.0 Å². The van der Waals surface area contributed by atoms with Gasteiger partial charge in [0.25, 0.3) is 11.8 Å². The largest absolute Gasteiger partial charge is 0.363 e. The van der Waals surface area contributed by atoms with Crippen LogP contribution in [0, 0.1) is 5.41 Å². The van der Waals surface area contributed by atoms with Gasteiger partial charge >= 0.3 is 0 Å². The minimum absolute atomic E-state index is 0.289. The van der Waals surface area contributed by atoms with E-state index < -0.39 is 5.91 Å². The lowest BCUT2D eigenvalue weighted by molar-refractivity contribution is 0.102. The van der Waals surface area contributed by atoms with E-state index in [4.69, 9.17) is 17.0 Å². The maximum absolute atomic E-state index is 13.3. The molecule has 0 radical (unpaired) electrons. The highest BCUT2D eigenvalue weighted by atomic mass is 35.5. The Labute approximate surface area is 224 Å². The Balaban J connectivity index is 1.60. The van der Waals surface area contributed by atoms with Crippen LogP contribution in [0.5, 0.6) is 0 Å². The van der Waals surface area contributed by atoms with Gasteiger partial charge < -0.3 is 15.5 Å². The number of carbonyl (C=O) groups excluding carboxylic acids is 2. The number of carbonyl (C=O) groups is 2. The second kappa shape index (κ2) is 11.7. The summed E-state index contributed by atoms with van der Waals surface area (Å²) in [6.07, 6.45) is 1.45. The van der Waals surface area contributed by atoms with Crippen molar-refractivity contribution in [2.45, 2.75) is 9.79 Å². The Kier molecular flexibility index (Phi) is 8.22. The highest BCUT2D eigenvalue weighted by molar-refractivity contribution is 7.99. The Hall–Kier alpha value is -4.14. The Morgan fingerprint density at radius 3 is 2.19 bits per heavy atom. The van der Waals surface area contributed by atoms with Crippen LogP contribution in [0.15, 0.2) is 101 Å². The first-order chi connectivity index (χ1) is 17.8. The standard InChI is InChI=1S/C28H24ClN5O2S/c1-34(2)26(30)18-8-10-19(11-9-18)27(35)32-24-14-13-22(37-21-6-4-3-5-7-21)16-23(24)28(36)33-25-15-12-20(29)17-31-25/h3-17,30H,1-2H3,(H,32,35)(H,31,33,36). The van der Waals surface area contributed by atoms with Gasteiger partial charge in [0.1, 0.15) is 11.7 Å². The van der Waals surface area contributed by atoms with Crippen LogP contribution < -0.4 is 10.6 Å². The Morgan fingerprint density at radius 2 is 1.54 bits per heavy atom. The van der Waals surface area contributed by atoms with Gasteiger partial charge in [0, 0.05) is 41.2 Å². The molecule has 0 saturated heterocycles. The number of aromatic nitrogens is 1. The first-order valence-corrected chi connectivity index (χ1v) is 12.5. The van der Waals surface area contributed by atoms with Crippen molar-refractivity contribution in [3.8, 4) is 0 Å². The molecule has 186 valence electrons. The van der Waals surface area contributed by atoms with Crippen molar-refractivity contribution >= 4 is 52.5 Å². The molecule has 3 N–H and O–H groups in total. The maximum Gasteiger partial charge on any atom is 0.258 e. The van der Waals surface area contributed by atoms with Crippen molar-refractivity contribution in [3.05, 3.63) is 113 Å². The molecule has 0 bridgehead atoms. The number of hydrogen-bond donors (Lipinski definition) is 3. The van der Waals surface area contributed by atoms with Gasteiger partial charge in [-0.2, -0.15) is 0 Å². The summed E-state index contributed by atoms with van der Waals surface area (Å²) in [4.78, 5) is 34.0. The predicted octanol–water partition coefficient (Wildman–Crippen LogP) is 6.28. The van der Waals surface area contributed by atoms with Crippen LogP contribution >= 0.6 is 23.4 Å². The van der Waals surface area contributed by atoms with Gasteiger partial charge in [0.2, 0.25) is 0 Å². The van der Waals surface area contributed by atoms with Crippen molar-refractivity contribution in [3.63, 3.8) is 0 Å². The van der Waals surface area contributed by atoms with Crippen LogP contribution in [0.3, 0.4) is 0 Å². The number of amides is 2. The molecule has 7 nitrogen and oxygen atoms in total. The second-order valence-corrected chi connectivity index (χ2v) is 9.80. The zero-order valence-corrected chi connectivity index (χ0v) is 21.7. The summed E-state index contributed by atoms with van der Waals surface area (Å²) in [5, 5.41) is 14.2. The molecule has 0 fully saturated rings. The van der Waals surface area contributed by atoms with Crippen molar-refractivity contribution in [2.24, 2.45) is 0 Å². The zero-order valence-electron chi connectivity index (χ0n) is 20.2. The number of rotatable bonds is 7. The smallest absolute Gasteiger partial charge is 0.258 e. The van der Waals surface area contributed by atoms with E-state index in [-0.39, 0.29) is 11.5 Å². The molecule has 1 aromatic heterocycles. The lowest BCUT2D eigenvalue weighted by Crippen LogP contribution is -2.22. The quantitative estimate of drug-likeness (QED) is 0.193. The maximum atomic E-state index is 13.3. The molecule has 4 rings (SSSR count). The van der Waals surface area contributed by atoms with Crippen LogP contribution in [0.25, 0.3) is 0 Å². The minimum atomic E-state index is -0.421. The number of benzene rings is 3. The molecule has 0 aliphatic carbocycles. The molecule has 4 aromatic rings. The van der Waals surface area contributed by atoms with Crippen LogP contribution in [0.2, 0.25) is 5.02 Å². The predicted molar refractivity (Wildman–Crippen MR) is 149 cm³/mol. The number of amidine groups is 1. The summed E-state index contributed by atoms with van der Waals surface area (Å²) in [6.45, 7) is 0. The summed E-state index contributed by atoms with van der Waals surface area (Å²) in [5.41, 5.74) is 1.75. The van der Waals surface area contributed by atoms with Crippen molar-refractivity contribution in [1.29, 1.82) is 5.41 Å². The zero-order chi connectivity index (χ0) is 26.4. The normalized spacial score (nSPS) is 10.5. The van der Waals surface area contributed by atoms with Gasteiger partial charge in [0.15, 0.2) is 0 Å². The van der Waals surface area contributed by atoms with E-state index in [0.717, 1.165) is 9.79 Å². The SMILES string of the molecule is CN(C)C(=N)c1ccc(C(=O)Nc2ccc(Sc3ccccc3)cc2C(=O)Nc2ccc(Cl)cn2)cc1. The van der Waals surface area contributed by atoms with E-state index in [2.05, 4.69) is 15.6 Å². The van der Waals surface area contributed by atoms with Crippen LogP contribution in [-0.2, 0) is 0 Å². The summed E-state index contributed by atoms with van der Waals surface area (Å²) >= 11 is 7.41. The summed E-state index contributed by atoms with van der Waals surface area (Å²) in [6, 6.07) is 25.1. The lowest BCUT2D eigenvalue weighted by atomic mass is 10.1. The molecule has 0 aliphatic heterocycles. The molecular weight excluding hydrogens is 506 g/mol. The van der Waals surface area contributed by atoms with Gasteiger partial charge in [-0.1, -0.05) is 53.7 Å². The number of halogens is 1. The highest BCUT2D eigenvalue weighted by Gasteiger charge is 2.17. The fourth-order valence-corrected chi connectivity index (χ4v) is 4.36. The van der Waals surface area contributed by atoms with E-state index in [1.54, 1.807) is 67.5 Å². The highest BCUT2D eigenvalue weighted by Crippen LogP contribution is 2.31. The average Bonchev–Trinajstić information content (AvgIpc) is 2.91. The van der Waals surface area contributed by atoms with E-state index in [1.807, 2.05) is 36.4 Å². The average molecular weight is 530 g/mol. The van der Waals surface area contributed by atoms with Gasteiger partial charge in [-0.05, 0) is 54.6 Å². The number of pyridine rings is 1. The molecule has 1 heterocycles. The van der Waals surface area contributed by atoms with E-state index in [9.17, 15) is 9.59 Å². The molecule has 0 atom stereocenters.